The van der Waals surface area contributed by atoms with E-state index in [1.807, 2.05) is 6.92 Å². The molecule has 0 unspecified atom stereocenters. The summed E-state index contributed by atoms with van der Waals surface area (Å²) in [5.74, 6) is -0.322. The lowest BCUT2D eigenvalue weighted by Crippen LogP contribution is -2.25. The number of hydroxylamine groups is 2. The van der Waals surface area contributed by atoms with Crippen LogP contribution in [0.5, 0.6) is 0 Å². The molecular formula is C9H12FN3O2. The van der Waals surface area contributed by atoms with E-state index in [9.17, 15) is 14.4 Å². The van der Waals surface area contributed by atoms with E-state index in [-0.39, 0.29) is 12.2 Å². The topological polar surface area (TPSA) is 66.3 Å². The monoisotopic (exact) mass is 213 g/mol. The second kappa shape index (κ2) is 5.35. The van der Waals surface area contributed by atoms with E-state index < -0.39 is 11.9 Å². The third-order valence-electron chi connectivity index (χ3n) is 1.93. The highest BCUT2D eigenvalue weighted by Crippen LogP contribution is 2.19. The van der Waals surface area contributed by atoms with Gasteiger partial charge in [-0.1, -0.05) is 13.3 Å². The predicted molar refractivity (Wildman–Crippen MR) is 49.3 cm³/mol. The predicted octanol–water partition coefficient (Wildman–Crippen LogP) is 1.30. The van der Waals surface area contributed by atoms with Gasteiger partial charge in [0, 0.05) is 0 Å². The molecule has 0 fully saturated rings. The molecule has 0 aliphatic carbocycles. The van der Waals surface area contributed by atoms with Gasteiger partial charge in [-0.2, -0.15) is 0 Å². The first kappa shape index (κ1) is 11.5. The Morgan fingerprint density at radius 1 is 1.60 bits per heavy atom. The molecule has 0 bridgehead atoms. The standard InChI is InChI=1S/C9H12FN3O2/c1-2-3-8(13(15)6-14)9-11-4-7(10)5-12-9/h4-6,8,15H,2-3H2,1H3/t8-/m0/s1. The number of nitrogens with zero attached hydrogens (tertiary/aromatic N) is 3. The molecule has 5 nitrogen and oxygen atoms in total. The fraction of sp³-hybridized carbons (Fsp3) is 0.444. The molecule has 0 aliphatic rings. The van der Waals surface area contributed by atoms with Gasteiger partial charge < -0.3 is 0 Å². The number of hydrogen-bond donors (Lipinski definition) is 1. The van der Waals surface area contributed by atoms with Crippen molar-refractivity contribution in [2.24, 2.45) is 0 Å². The van der Waals surface area contributed by atoms with Crippen LogP contribution in [-0.2, 0) is 4.79 Å². The Hall–Kier alpha value is -1.56. The Kier molecular flexibility index (Phi) is 4.11. The van der Waals surface area contributed by atoms with Crippen molar-refractivity contribution in [2.45, 2.75) is 25.8 Å². The number of hydrogen-bond acceptors (Lipinski definition) is 4. The van der Waals surface area contributed by atoms with Crippen LogP contribution in [0.2, 0.25) is 0 Å². The second-order valence-electron chi connectivity index (χ2n) is 3.05. The fourth-order valence-corrected chi connectivity index (χ4v) is 1.22. The van der Waals surface area contributed by atoms with Crippen LogP contribution >= 0.6 is 0 Å². The molecule has 1 aromatic heterocycles. The van der Waals surface area contributed by atoms with Crippen LogP contribution in [0.25, 0.3) is 0 Å². The van der Waals surface area contributed by atoms with E-state index in [0.29, 0.717) is 11.5 Å². The van der Waals surface area contributed by atoms with Gasteiger partial charge in [0.1, 0.15) is 6.04 Å². The minimum absolute atomic E-state index is 0.229. The Morgan fingerprint density at radius 3 is 2.67 bits per heavy atom. The summed E-state index contributed by atoms with van der Waals surface area (Å²) in [6.07, 6.45) is 3.55. The highest BCUT2D eigenvalue weighted by molar-refractivity contribution is 5.45. The molecule has 0 aliphatic heterocycles. The molecule has 1 N–H and O–H groups in total. The lowest BCUT2D eigenvalue weighted by atomic mass is 10.1. The van der Waals surface area contributed by atoms with Gasteiger partial charge in [0.2, 0.25) is 6.41 Å². The second-order valence-corrected chi connectivity index (χ2v) is 3.05. The zero-order valence-electron chi connectivity index (χ0n) is 8.30. The van der Waals surface area contributed by atoms with E-state index in [2.05, 4.69) is 9.97 Å². The number of halogens is 1. The van der Waals surface area contributed by atoms with Crippen molar-refractivity contribution in [1.29, 1.82) is 0 Å². The summed E-state index contributed by atoms with van der Waals surface area (Å²) in [5.41, 5.74) is 0. The molecule has 1 heterocycles. The Balaban J connectivity index is 2.88. The molecular weight excluding hydrogens is 201 g/mol. The van der Waals surface area contributed by atoms with Crippen molar-refractivity contribution in [3.8, 4) is 0 Å². The highest BCUT2D eigenvalue weighted by Gasteiger charge is 2.19. The minimum Gasteiger partial charge on any atom is -0.285 e. The third kappa shape index (κ3) is 2.95. The number of carbonyl (C=O) groups is 1. The van der Waals surface area contributed by atoms with E-state index >= 15 is 0 Å². The normalized spacial score (nSPS) is 12.2. The summed E-state index contributed by atoms with van der Waals surface area (Å²) in [6.45, 7) is 1.90. The van der Waals surface area contributed by atoms with Crippen molar-refractivity contribution in [3.05, 3.63) is 24.0 Å². The molecule has 0 spiro atoms. The molecule has 0 radical (unpaired) electrons. The SMILES string of the molecule is CCC[C@@H](c1ncc(F)cn1)N(O)C=O. The Labute approximate surface area is 86.5 Å². The average Bonchev–Trinajstić information content (AvgIpc) is 2.26. The molecule has 15 heavy (non-hydrogen) atoms. The molecule has 1 amide bonds. The quantitative estimate of drug-likeness (QED) is 0.455. The van der Waals surface area contributed by atoms with Crippen LogP contribution in [0.15, 0.2) is 12.4 Å². The van der Waals surface area contributed by atoms with E-state index in [4.69, 9.17) is 0 Å². The largest absolute Gasteiger partial charge is 0.285 e. The van der Waals surface area contributed by atoms with E-state index in [0.717, 1.165) is 18.8 Å². The molecule has 0 aromatic carbocycles. The van der Waals surface area contributed by atoms with Gasteiger partial charge in [-0.05, 0) is 6.42 Å². The first-order chi connectivity index (χ1) is 7.19. The smallest absolute Gasteiger partial charge is 0.233 e. The molecule has 6 heteroatoms. The maximum absolute atomic E-state index is 12.5. The zero-order valence-corrected chi connectivity index (χ0v) is 8.30. The van der Waals surface area contributed by atoms with Gasteiger partial charge >= 0.3 is 0 Å². The summed E-state index contributed by atoms with van der Waals surface area (Å²) < 4.78 is 12.5. The van der Waals surface area contributed by atoms with Crippen molar-refractivity contribution in [1.82, 2.24) is 15.0 Å². The summed E-state index contributed by atoms with van der Waals surface area (Å²) >= 11 is 0. The summed E-state index contributed by atoms with van der Waals surface area (Å²) in [5, 5.41) is 9.76. The van der Waals surface area contributed by atoms with Crippen LogP contribution in [0.3, 0.4) is 0 Å². The maximum Gasteiger partial charge on any atom is 0.233 e. The van der Waals surface area contributed by atoms with Crippen LogP contribution in [0.1, 0.15) is 31.6 Å². The van der Waals surface area contributed by atoms with Crippen molar-refractivity contribution < 1.29 is 14.4 Å². The van der Waals surface area contributed by atoms with Gasteiger partial charge in [-0.15, -0.1) is 0 Å². The minimum atomic E-state index is -0.618. The van der Waals surface area contributed by atoms with Crippen molar-refractivity contribution >= 4 is 6.41 Å². The molecule has 82 valence electrons. The van der Waals surface area contributed by atoms with Crippen LogP contribution in [0.4, 0.5) is 4.39 Å². The lowest BCUT2D eigenvalue weighted by molar-refractivity contribution is -0.162. The average molecular weight is 213 g/mol. The summed E-state index contributed by atoms with van der Waals surface area (Å²) in [4.78, 5) is 17.8. The Morgan fingerprint density at radius 2 is 2.20 bits per heavy atom. The van der Waals surface area contributed by atoms with E-state index in [1.54, 1.807) is 0 Å². The molecule has 1 aromatic rings. The summed E-state index contributed by atoms with van der Waals surface area (Å²) in [6, 6.07) is -0.618. The van der Waals surface area contributed by atoms with Crippen LogP contribution in [-0.4, -0.2) is 26.6 Å². The fourth-order valence-electron chi connectivity index (χ4n) is 1.22. The number of carbonyl (C=O) groups excluding carboxylic acids is 1. The van der Waals surface area contributed by atoms with Crippen LogP contribution in [0, 0.1) is 5.82 Å². The van der Waals surface area contributed by atoms with Gasteiger partial charge in [-0.3, -0.25) is 10.0 Å². The maximum atomic E-state index is 12.5. The number of rotatable bonds is 5. The lowest BCUT2D eigenvalue weighted by Gasteiger charge is -2.20. The van der Waals surface area contributed by atoms with Gasteiger partial charge in [0.25, 0.3) is 0 Å². The molecule has 1 rings (SSSR count). The Bertz CT molecular complexity index is 318. The third-order valence-corrected chi connectivity index (χ3v) is 1.93. The van der Waals surface area contributed by atoms with E-state index in [1.165, 1.54) is 0 Å². The molecule has 0 saturated heterocycles. The number of aromatic nitrogens is 2. The van der Waals surface area contributed by atoms with Gasteiger partial charge in [0.15, 0.2) is 11.6 Å². The molecule has 0 saturated carbocycles. The van der Waals surface area contributed by atoms with Crippen molar-refractivity contribution in [3.63, 3.8) is 0 Å². The summed E-state index contributed by atoms with van der Waals surface area (Å²) in [7, 11) is 0. The van der Waals surface area contributed by atoms with Gasteiger partial charge in [-0.25, -0.2) is 19.4 Å². The zero-order chi connectivity index (χ0) is 11.3. The van der Waals surface area contributed by atoms with Crippen LogP contribution < -0.4 is 0 Å². The highest BCUT2D eigenvalue weighted by atomic mass is 19.1. The first-order valence-electron chi connectivity index (χ1n) is 4.59. The first-order valence-corrected chi connectivity index (χ1v) is 4.59. The van der Waals surface area contributed by atoms with Crippen molar-refractivity contribution in [2.75, 3.05) is 0 Å². The number of amides is 1. The van der Waals surface area contributed by atoms with Gasteiger partial charge in [0.05, 0.1) is 12.4 Å². The molecule has 1 atom stereocenters.